The first-order valence-electron chi connectivity index (χ1n) is 10.8. The molecular weight excluding hydrogens is 536 g/mol. The molecule has 4 rings (SSSR count). The molecule has 0 spiro atoms. The van der Waals surface area contributed by atoms with Crippen LogP contribution in [0.15, 0.2) is 113 Å². The van der Waals surface area contributed by atoms with E-state index >= 15 is 0 Å². The summed E-state index contributed by atoms with van der Waals surface area (Å²) in [6.07, 6.45) is 2.90. The number of anilines is 3. The molecule has 190 valence electrons. The van der Waals surface area contributed by atoms with Crippen molar-refractivity contribution in [3.05, 3.63) is 108 Å². The number of nitrogens with one attached hydrogen (secondary N) is 2. The van der Waals surface area contributed by atoms with Crippen LogP contribution in [0.3, 0.4) is 0 Å². The highest BCUT2D eigenvalue weighted by Gasteiger charge is 2.27. The average molecular weight is 557 g/mol. The van der Waals surface area contributed by atoms with Crippen LogP contribution in [0.5, 0.6) is 0 Å². The Morgan fingerprint density at radius 2 is 1.54 bits per heavy atom. The number of amides is 1. The highest BCUT2D eigenvalue weighted by Crippen LogP contribution is 2.26. The quantitative estimate of drug-likeness (QED) is 0.315. The van der Waals surface area contributed by atoms with Gasteiger partial charge in [0.2, 0.25) is 5.91 Å². The van der Waals surface area contributed by atoms with Gasteiger partial charge in [0.05, 0.1) is 27.4 Å². The van der Waals surface area contributed by atoms with Crippen molar-refractivity contribution < 1.29 is 21.6 Å². The fourth-order valence-electron chi connectivity index (χ4n) is 3.35. The number of pyridine rings is 1. The van der Waals surface area contributed by atoms with E-state index in [9.17, 15) is 21.6 Å². The molecule has 0 unspecified atom stereocenters. The Morgan fingerprint density at radius 3 is 2.19 bits per heavy atom. The van der Waals surface area contributed by atoms with E-state index < -0.39 is 32.5 Å². The average Bonchev–Trinajstić information content (AvgIpc) is 2.88. The van der Waals surface area contributed by atoms with Crippen LogP contribution >= 0.6 is 11.6 Å². The second kappa shape index (κ2) is 11.0. The fraction of sp³-hybridized carbons (Fsp3) is 0.0400. The second-order valence-corrected chi connectivity index (χ2v) is 11.7. The van der Waals surface area contributed by atoms with Gasteiger partial charge in [-0.3, -0.25) is 18.8 Å². The molecule has 0 radical (unpaired) electrons. The Bertz CT molecular complexity index is 1600. The van der Waals surface area contributed by atoms with E-state index in [0.29, 0.717) is 10.7 Å². The SMILES string of the molecule is O=C(CN(c1cccc(Cl)c1)S(=O)(=O)c1ccccc1)Nc1ccc(S(=O)(=O)Nc2cccnc2)cc1. The van der Waals surface area contributed by atoms with E-state index in [1.165, 1.54) is 60.9 Å². The lowest BCUT2D eigenvalue weighted by Gasteiger charge is -2.24. The molecule has 0 fully saturated rings. The molecule has 3 aromatic carbocycles. The zero-order chi connectivity index (χ0) is 26.5. The number of carbonyl (C=O) groups excluding carboxylic acids is 1. The normalized spacial score (nSPS) is 11.5. The predicted octanol–water partition coefficient (Wildman–Crippen LogP) is 4.37. The zero-order valence-electron chi connectivity index (χ0n) is 19.2. The minimum Gasteiger partial charge on any atom is -0.325 e. The standard InChI is InChI=1S/C25H21ClN4O5S2/c26-19-6-4-8-22(16-19)30(37(34,35)24-9-2-1-3-10-24)18-25(31)28-20-11-13-23(14-12-20)36(32,33)29-21-7-5-15-27-17-21/h1-17,29H,18H2,(H,28,31). The number of hydrogen-bond acceptors (Lipinski definition) is 6. The predicted molar refractivity (Wildman–Crippen MR) is 143 cm³/mol. The maximum Gasteiger partial charge on any atom is 0.264 e. The summed E-state index contributed by atoms with van der Waals surface area (Å²) in [7, 11) is -7.96. The van der Waals surface area contributed by atoms with Gasteiger partial charge in [-0.2, -0.15) is 0 Å². The van der Waals surface area contributed by atoms with Gasteiger partial charge >= 0.3 is 0 Å². The molecule has 0 aliphatic carbocycles. The smallest absolute Gasteiger partial charge is 0.264 e. The van der Waals surface area contributed by atoms with Crippen molar-refractivity contribution in [2.75, 3.05) is 20.9 Å². The van der Waals surface area contributed by atoms with Gasteiger partial charge in [-0.1, -0.05) is 35.9 Å². The van der Waals surface area contributed by atoms with Crippen LogP contribution in [0, 0.1) is 0 Å². The molecule has 4 aromatic rings. The third-order valence-electron chi connectivity index (χ3n) is 5.08. The zero-order valence-corrected chi connectivity index (χ0v) is 21.5. The van der Waals surface area contributed by atoms with Gasteiger partial charge in [0.15, 0.2) is 0 Å². The molecule has 1 heterocycles. The molecular formula is C25H21ClN4O5S2. The van der Waals surface area contributed by atoms with Gasteiger partial charge in [0, 0.05) is 16.9 Å². The van der Waals surface area contributed by atoms with Crippen LogP contribution in [-0.2, 0) is 24.8 Å². The van der Waals surface area contributed by atoms with Crippen molar-refractivity contribution in [3.63, 3.8) is 0 Å². The van der Waals surface area contributed by atoms with Crippen LogP contribution in [0.1, 0.15) is 0 Å². The van der Waals surface area contributed by atoms with Gasteiger partial charge in [-0.05, 0) is 66.7 Å². The van der Waals surface area contributed by atoms with Crippen molar-refractivity contribution in [1.82, 2.24) is 4.98 Å². The minimum atomic E-state index is -4.09. The van der Waals surface area contributed by atoms with E-state index in [0.717, 1.165) is 4.31 Å². The lowest BCUT2D eigenvalue weighted by molar-refractivity contribution is -0.114. The molecule has 0 aliphatic heterocycles. The number of halogens is 1. The molecule has 0 saturated carbocycles. The Hall–Kier alpha value is -3.93. The van der Waals surface area contributed by atoms with E-state index in [2.05, 4.69) is 15.0 Å². The third kappa shape index (κ3) is 6.45. The summed E-state index contributed by atoms with van der Waals surface area (Å²) in [4.78, 5) is 16.7. The summed E-state index contributed by atoms with van der Waals surface area (Å²) in [6.45, 7) is -0.541. The molecule has 37 heavy (non-hydrogen) atoms. The van der Waals surface area contributed by atoms with Crippen LogP contribution in [0.2, 0.25) is 5.02 Å². The summed E-state index contributed by atoms with van der Waals surface area (Å²) < 4.78 is 55.3. The van der Waals surface area contributed by atoms with Gasteiger partial charge in [-0.15, -0.1) is 0 Å². The summed E-state index contributed by atoms with van der Waals surface area (Å²) in [5, 5.41) is 2.91. The van der Waals surface area contributed by atoms with Gasteiger partial charge in [-0.25, -0.2) is 16.8 Å². The number of aromatic nitrogens is 1. The molecule has 0 aliphatic rings. The Morgan fingerprint density at radius 1 is 0.811 bits per heavy atom. The van der Waals surface area contributed by atoms with Gasteiger partial charge in [0.25, 0.3) is 20.0 Å². The first kappa shape index (κ1) is 26.1. The molecule has 0 saturated heterocycles. The van der Waals surface area contributed by atoms with E-state index in [4.69, 9.17) is 11.6 Å². The highest BCUT2D eigenvalue weighted by atomic mass is 35.5. The number of hydrogen-bond donors (Lipinski definition) is 2. The molecule has 9 nitrogen and oxygen atoms in total. The van der Waals surface area contributed by atoms with Crippen LogP contribution in [0.25, 0.3) is 0 Å². The van der Waals surface area contributed by atoms with Crippen molar-refractivity contribution in [1.29, 1.82) is 0 Å². The lowest BCUT2D eigenvalue weighted by atomic mass is 10.3. The van der Waals surface area contributed by atoms with Gasteiger partial charge < -0.3 is 5.32 Å². The number of benzene rings is 3. The van der Waals surface area contributed by atoms with E-state index in [-0.39, 0.29) is 21.2 Å². The third-order valence-corrected chi connectivity index (χ3v) is 8.50. The summed E-state index contributed by atoms with van der Waals surface area (Å²) in [5.41, 5.74) is 0.809. The Kier molecular flexibility index (Phi) is 7.77. The number of rotatable bonds is 9. The number of sulfonamides is 2. The molecule has 2 N–H and O–H groups in total. The van der Waals surface area contributed by atoms with E-state index in [1.807, 2.05) is 0 Å². The summed E-state index contributed by atoms with van der Waals surface area (Å²) in [5.74, 6) is -0.636. The van der Waals surface area contributed by atoms with Crippen molar-refractivity contribution in [2.24, 2.45) is 0 Å². The lowest BCUT2D eigenvalue weighted by Crippen LogP contribution is -2.38. The van der Waals surface area contributed by atoms with Crippen LogP contribution < -0.4 is 14.3 Å². The molecule has 0 bridgehead atoms. The molecule has 12 heteroatoms. The van der Waals surface area contributed by atoms with Crippen molar-refractivity contribution >= 4 is 54.6 Å². The van der Waals surface area contributed by atoms with Crippen molar-refractivity contribution in [2.45, 2.75) is 9.79 Å². The molecule has 1 aromatic heterocycles. The first-order valence-corrected chi connectivity index (χ1v) is 14.1. The molecule has 1 amide bonds. The summed E-state index contributed by atoms with van der Waals surface area (Å²) in [6, 6.07) is 22.5. The second-order valence-electron chi connectivity index (χ2n) is 7.72. The monoisotopic (exact) mass is 556 g/mol. The minimum absolute atomic E-state index is 0.0125. The summed E-state index contributed by atoms with van der Waals surface area (Å²) >= 11 is 6.07. The largest absolute Gasteiger partial charge is 0.325 e. The number of carbonyl (C=O) groups is 1. The fourth-order valence-corrected chi connectivity index (χ4v) is 6.01. The number of nitrogens with zero attached hydrogens (tertiary/aromatic N) is 2. The maximum atomic E-state index is 13.4. The Balaban J connectivity index is 1.53. The van der Waals surface area contributed by atoms with E-state index in [1.54, 1.807) is 42.5 Å². The maximum absolute atomic E-state index is 13.4. The highest BCUT2D eigenvalue weighted by molar-refractivity contribution is 7.93. The topological polar surface area (TPSA) is 126 Å². The van der Waals surface area contributed by atoms with Gasteiger partial charge in [0.1, 0.15) is 6.54 Å². The van der Waals surface area contributed by atoms with Crippen LogP contribution in [-0.4, -0.2) is 34.3 Å². The molecule has 0 atom stereocenters. The first-order chi connectivity index (χ1) is 17.6. The van der Waals surface area contributed by atoms with Crippen molar-refractivity contribution in [3.8, 4) is 0 Å². The Labute approximate surface area is 219 Å². The van der Waals surface area contributed by atoms with Crippen LogP contribution in [0.4, 0.5) is 17.1 Å².